The largest absolute Gasteiger partial charge is 0.468 e. The van der Waals surface area contributed by atoms with E-state index in [2.05, 4.69) is 6.07 Å². The minimum Gasteiger partial charge on any atom is -0.468 e. The number of esters is 1. The molecule has 0 radical (unpaired) electrons. The molecule has 1 fully saturated rings. The van der Waals surface area contributed by atoms with Gasteiger partial charge in [0.2, 0.25) is 0 Å². The van der Waals surface area contributed by atoms with E-state index < -0.39 is 34.3 Å². The number of nitrogens with zero attached hydrogens (tertiary/aromatic N) is 3. The first-order valence-electron chi connectivity index (χ1n) is 11.4. The fraction of sp³-hybridized carbons (Fsp3) is 0.179. The summed E-state index contributed by atoms with van der Waals surface area (Å²) >= 11 is 6.06. The topological polar surface area (TPSA) is 114 Å². The van der Waals surface area contributed by atoms with Gasteiger partial charge in [-0.3, -0.25) is 19.7 Å². The highest BCUT2D eigenvalue weighted by Gasteiger charge is 2.67. The normalized spacial score (nSPS) is 23.5. The molecule has 0 aromatic heterocycles. The molecule has 0 N–H and O–H groups in total. The van der Waals surface area contributed by atoms with E-state index in [4.69, 9.17) is 16.3 Å². The number of para-hydroxylation sites is 1. The molecule has 2 aliphatic rings. The van der Waals surface area contributed by atoms with Crippen molar-refractivity contribution < 1.29 is 19.2 Å². The molecule has 1 saturated heterocycles. The van der Waals surface area contributed by atoms with Gasteiger partial charge in [-0.1, -0.05) is 54.1 Å². The van der Waals surface area contributed by atoms with Crippen molar-refractivity contribution in [2.24, 2.45) is 5.41 Å². The minimum atomic E-state index is -1.82. The average molecular weight is 514 g/mol. The lowest BCUT2D eigenvalue weighted by atomic mass is 9.68. The molecule has 0 unspecified atom stereocenters. The van der Waals surface area contributed by atoms with Crippen LogP contribution in [0, 0.1) is 26.9 Å². The number of nitro groups is 1. The smallest absolute Gasteiger partial charge is 0.329 e. The number of ketones is 1. The zero-order chi connectivity index (χ0) is 26.3. The molecule has 2 aliphatic heterocycles. The molecule has 2 heterocycles. The molecule has 0 spiro atoms. The number of halogens is 1. The maximum absolute atomic E-state index is 14.2. The van der Waals surface area contributed by atoms with Crippen molar-refractivity contribution in [3.8, 4) is 6.07 Å². The molecule has 0 aliphatic carbocycles. The van der Waals surface area contributed by atoms with Crippen LogP contribution in [0.5, 0.6) is 0 Å². The molecule has 3 aromatic rings. The van der Waals surface area contributed by atoms with Crippen LogP contribution in [0.2, 0.25) is 5.02 Å². The SMILES string of the molecule is COC(=O)[C@@]1(C#N)[C@@H](c2ccc([N+](=O)[O-])cc2)[C@@H](C(=O)c2ccc(Cl)cc2)N2c3ccccc3C=C[C@@H]21. The number of benzene rings is 3. The summed E-state index contributed by atoms with van der Waals surface area (Å²) in [6, 6.07) is 19.8. The number of fused-ring (bicyclic) bond motifs is 3. The van der Waals surface area contributed by atoms with Crippen LogP contribution in [0.3, 0.4) is 0 Å². The Hall–Kier alpha value is -4.48. The summed E-state index contributed by atoms with van der Waals surface area (Å²) in [4.78, 5) is 40.3. The zero-order valence-corrected chi connectivity index (χ0v) is 20.3. The Morgan fingerprint density at radius 2 is 1.76 bits per heavy atom. The van der Waals surface area contributed by atoms with Gasteiger partial charge in [0.15, 0.2) is 11.2 Å². The van der Waals surface area contributed by atoms with Gasteiger partial charge in [-0.2, -0.15) is 5.26 Å². The third-order valence-corrected chi connectivity index (χ3v) is 7.37. The third-order valence-electron chi connectivity index (χ3n) is 7.11. The van der Waals surface area contributed by atoms with Crippen molar-refractivity contribution in [3.05, 3.63) is 111 Å². The Morgan fingerprint density at radius 3 is 2.38 bits per heavy atom. The molecule has 37 heavy (non-hydrogen) atoms. The van der Waals surface area contributed by atoms with Crippen molar-refractivity contribution in [1.29, 1.82) is 5.26 Å². The summed E-state index contributed by atoms with van der Waals surface area (Å²) in [6.07, 6.45) is 3.57. The first kappa shape index (κ1) is 24.2. The molecule has 9 heteroatoms. The number of nitro benzene ring substituents is 1. The fourth-order valence-electron chi connectivity index (χ4n) is 5.50. The first-order chi connectivity index (χ1) is 17.8. The van der Waals surface area contributed by atoms with Crippen molar-refractivity contribution >= 4 is 40.8 Å². The van der Waals surface area contributed by atoms with Crippen LogP contribution in [-0.4, -0.2) is 35.9 Å². The van der Waals surface area contributed by atoms with Gasteiger partial charge < -0.3 is 9.64 Å². The second kappa shape index (κ2) is 9.19. The maximum atomic E-state index is 14.2. The number of nitriles is 1. The molecule has 3 aromatic carbocycles. The molecule has 8 nitrogen and oxygen atoms in total. The number of carbonyl (C=O) groups is 2. The van der Waals surface area contributed by atoms with Crippen LogP contribution in [0.1, 0.15) is 27.4 Å². The van der Waals surface area contributed by atoms with E-state index in [0.717, 1.165) is 5.56 Å². The first-order valence-corrected chi connectivity index (χ1v) is 11.8. The number of ether oxygens (including phenoxy) is 1. The van der Waals surface area contributed by atoms with Gasteiger partial charge >= 0.3 is 5.97 Å². The number of Topliss-reactive ketones (excluding diaryl/α,β-unsaturated/α-hetero) is 1. The van der Waals surface area contributed by atoms with Crippen LogP contribution in [0.4, 0.5) is 11.4 Å². The van der Waals surface area contributed by atoms with Gasteiger partial charge in [0.25, 0.3) is 5.69 Å². The van der Waals surface area contributed by atoms with E-state index in [-0.39, 0.29) is 11.5 Å². The number of methoxy groups -OCH3 is 1. The quantitative estimate of drug-likeness (QED) is 0.200. The summed E-state index contributed by atoms with van der Waals surface area (Å²) in [7, 11) is 1.20. The molecule has 4 atom stereocenters. The molecule has 184 valence electrons. The maximum Gasteiger partial charge on any atom is 0.329 e. The van der Waals surface area contributed by atoms with Crippen molar-refractivity contribution in [2.75, 3.05) is 12.0 Å². The van der Waals surface area contributed by atoms with E-state index >= 15 is 0 Å². The molecular formula is C28H20ClN3O5. The molecule has 0 saturated carbocycles. The number of anilines is 1. The van der Waals surface area contributed by atoms with Crippen LogP contribution in [0.15, 0.2) is 78.9 Å². The monoisotopic (exact) mass is 513 g/mol. The van der Waals surface area contributed by atoms with E-state index in [0.29, 0.717) is 21.8 Å². The minimum absolute atomic E-state index is 0.147. The van der Waals surface area contributed by atoms with Gasteiger partial charge in [0, 0.05) is 34.3 Å². The highest BCUT2D eigenvalue weighted by molar-refractivity contribution is 6.30. The lowest BCUT2D eigenvalue weighted by Crippen LogP contribution is -2.46. The van der Waals surface area contributed by atoms with Crippen molar-refractivity contribution in [2.45, 2.75) is 18.0 Å². The number of hydrogen-bond acceptors (Lipinski definition) is 7. The highest BCUT2D eigenvalue weighted by atomic mass is 35.5. The second-order valence-corrected chi connectivity index (χ2v) is 9.32. The van der Waals surface area contributed by atoms with Crippen molar-refractivity contribution in [3.63, 3.8) is 0 Å². The van der Waals surface area contributed by atoms with E-state index in [1.807, 2.05) is 30.3 Å². The average Bonchev–Trinajstić information content (AvgIpc) is 3.24. The van der Waals surface area contributed by atoms with E-state index in [9.17, 15) is 25.0 Å². The number of hydrogen-bond donors (Lipinski definition) is 0. The molecule has 5 rings (SSSR count). The lowest BCUT2D eigenvalue weighted by molar-refractivity contribution is -0.384. The van der Waals surface area contributed by atoms with Crippen LogP contribution >= 0.6 is 11.6 Å². The zero-order valence-electron chi connectivity index (χ0n) is 19.6. The fourth-order valence-corrected chi connectivity index (χ4v) is 5.62. The van der Waals surface area contributed by atoms with Gasteiger partial charge in [-0.05, 0) is 41.5 Å². The Kier molecular flexibility index (Phi) is 6.02. The molecule has 0 amide bonds. The summed E-state index contributed by atoms with van der Waals surface area (Å²) in [5.74, 6) is -2.12. The number of carbonyl (C=O) groups excluding carboxylic acids is 2. The molecular weight excluding hydrogens is 494 g/mol. The Labute approximate surface area is 217 Å². The highest BCUT2D eigenvalue weighted by Crippen LogP contribution is 2.56. The summed E-state index contributed by atoms with van der Waals surface area (Å²) < 4.78 is 5.17. The van der Waals surface area contributed by atoms with Crippen molar-refractivity contribution in [1.82, 2.24) is 0 Å². The summed E-state index contributed by atoms with van der Waals surface area (Å²) in [6.45, 7) is 0. The van der Waals surface area contributed by atoms with Gasteiger partial charge in [-0.25, -0.2) is 0 Å². The van der Waals surface area contributed by atoms with Crippen LogP contribution in [0.25, 0.3) is 6.08 Å². The number of rotatable bonds is 5. The van der Waals surface area contributed by atoms with Gasteiger partial charge in [0.05, 0.1) is 24.1 Å². The standard InChI is InChI=1S/C28H20ClN3O5/c1-37-27(34)28(16-30)23-15-10-17-4-2-3-5-22(17)31(23)25(26(33)19-6-11-20(29)12-7-19)24(28)18-8-13-21(14-9-18)32(35)36/h2-15,23-25H,1H3/t23-,24+,25+,28-/m1/s1. The Bertz CT molecular complexity index is 1480. The van der Waals surface area contributed by atoms with Gasteiger partial charge in [0.1, 0.15) is 6.04 Å². The van der Waals surface area contributed by atoms with Crippen LogP contribution < -0.4 is 4.90 Å². The second-order valence-electron chi connectivity index (χ2n) is 8.88. The Balaban J connectivity index is 1.80. The van der Waals surface area contributed by atoms with E-state index in [1.54, 1.807) is 35.2 Å². The predicted molar refractivity (Wildman–Crippen MR) is 137 cm³/mol. The van der Waals surface area contributed by atoms with Gasteiger partial charge in [-0.15, -0.1) is 0 Å². The third kappa shape index (κ3) is 3.67. The van der Waals surface area contributed by atoms with Crippen LogP contribution in [-0.2, 0) is 9.53 Å². The number of non-ortho nitro benzene ring substituents is 1. The summed E-state index contributed by atoms with van der Waals surface area (Å²) in [5, 5.41) is 22.4. The Morgan fingerprint density at radius 1 is 1.08 bits per heavy atom. The van der Waals surface area contributed by atoms with E-state index in [1.165, 1.54) is 31.4 Å². The molecule has 0 bridgehead atoms. The summed E-state index contributed by atoms with van der Waals surface area (Å²) in [5.41, 5.74) is 0.340. The lowest BCUT2D eigenvalue weighted by Gasteiger charge is -2.36. The predicted octanol–water partition coefficient (Wildman–Crippen LogP) is 5.18.